The van der Waals surface area contributed by atoms with Crippen LogP contribution in [0.2, 0.25) is 0 Å². The molecule has 0 aliphatic rings. The first-order valence-corrected chi connectivity index (χ1v) is 5.19. The molecule has 3 nitrogen and oxygen atoms in total. The molecule has 0 aliphatic heterocycles. The lowest BCUT2D eigenvalue weighted by molar-refractivity contribution is 0.347. The Morgan fingerprint density at radius 2 is 1.77 bits per heavy atom. The van der Waals surface area contributed by atoms with E-state index >= 15 is 0 Å². The maximum atomic E-state index is 11.0. The van der Waals surface area contributed by atoms with E-state index in [0.29, 0.717) is 5.75 Å². The molecule has 1 rings (SSSR count). The molecule has 4 heteroatoms. The Bertz CT molecular complexity index is 302. The maximum absolute atomic E-state index is 11.0. The highest BCUT2D eigenvalue weighted by Gasteiger charge is 2.05. The molecule has 0 aliphatic carbocycles. The Morgan fingerprint density at radius 1 is 1.23 bits per heavy atom. The Balaban J connectivity index is 2.93. The monoisotopic (exact) mass is 200 g/mol. The van der Waals surface area contributed by atoms with E-state index in [4.69, 9.17) is 4.52 Å². The zero-order valence-electron chi connectivity index (χ0n) is 7.96. The molecular formula is C9H13O3P. The van der Waals surface area contributed by atoms with E-state index < -0.39 is 8.25 Å². The highest BCUT2D eigenvalue weighted by Crippen LogP contribution is 2.32. The van der Waals surface area contributed by atoms with Crippen molar-refractivity contribution in [2.75, 3.05) is 7.11 Å². The van der Waals surface area contributed by atoms with Gasteiger partial charge in [0.2, 0.25) is 0 Å². The lowest BCUT2D eigenvalue weighted by atomic mass is 10.1. The SMILES string of the molecule is CO[PH](=O)Oc1c(C)cccc1C. The number of hydrogen-bond acceptors (Lipinski definition) is 3. The average Bonchev–Trinajstić information content (AvgIpc) is 2.11. The lowest BCUT2D eigenvalue weighted by Gasteiger charge is -2.09. The second-order valence-electron chi connectivity index (χ2n) is 2.78. The van der Waals surface area contributed by atoms with Crippen molar-refractivity contribution in [2.24, 2.45) is 0 Å². The Hall–Kier alpha value is -0.790. The molecule has 72 valence electrons. The van der Waals surface area contributed by atoms with Crippen molar-refractivity contribution >= 4 is 8.25 Å². The third-order valence-electron chi connectivity index (χ3n) is 1.76. The van der Waals surface area contributed by atoms with Crippen LogP contribution in [0.25, 0.3) is 0 Å². The van der Waals surface area contributed by atoms with Gasteiger partial charge in [-0.15, -0.1) is 0 Å². The summed E-state index contributed by atoms with van der Waals surface area (Å²) < 4.78 is 20.8. The van der Waals surface area contributed by atoms with Gasteiger partial charge in [-0.05, 0) is 25.0 Å². The van der Waals surface area contributed by atoms with Crippen LogP contribution in [0.5, 0.6) is 5.75 Å². The smallest absolute Gasteiger partial charge is 0.367 e. The zero-order chi connectivity index (χ0) is 9.84. The van der Waals surface area contributed by atoms with Crippen molar-refractivity contribution < 1.29 is 13.6 Å². The van der Waals surface area contributed by atoms with Crippen LogP contribution in [-0.2, 0) is 9.09 Å². The summed E-state index contributed by atoms with van der Waals surface area (Å²) in [5, 5.41) is 0. The van der Waals surface area contributed by atoms with Crippen molar-refractivity contribution in [3.63, 3.8) is 0 Å². The molecule has 0 spiro atoms. The molecule has 0 saturated heterocycles. The van der Waals surface area contributed by atoms with Gasteiger partial charge in [0.25, 0.3) is 0 Å². The molecule has 1 aromatic rings. The average molecular weight is 200 g/mol. The molecule has 0 heterocycles. The van der Waals surface area contributed by atoms with Crippen LogP contribution >= 0.6 is 8.25 Å². The van der Waals surface area contributed by atoms with E-state index in [1.54, 1.807) is 0 Å². The molecule has 1 atom stereocenters. The van der Waals surface area contributed by atoms with Crippen LogP contribution in [0.15, 0.2) is 18.2 Å². The number of aryl methyl sites for hydroxylation is 2. The number of rotatable bonds is 3. The first kappa shape index (κ1) is 10.3. The Kier molecular flexibility index (Phi) is 3.52. The number of hydrogen-bond donors (Lipinski definition) is 0. The quantitative estimate of drug-likeness (QED) is 0.703. The highest BCUT2D eigenvalue weighted by molar-refractivity contribution is 7.33. The third kappa shape index (κ3) is 2.58. The third-order valence-corrected chi connectivity index (χ3v) is 2.46. The van der Waals surface area contributed by atoms with Crippen LogP contribution in [0.3, 0.4) is 0 Å². The van der Waals surface area contributed by atoms with E-state index in [0.717, 1.165) is 11.1 Å². The van der Waals surface area contributed by atoms with Gasteiger partial charge in [0, 0.05) is 7.11 Å². The minimum atomic E-state index is -2.38. The largest absolute Gasteiger partial charge is 0.426 e. The molecule has 0 radical (unpaired) electrons. The molecule has 0 fully saturated rings. The molecule has 0 N–H and O–H groups in total. The molecular weight excluding hydrogens is 187 g/mol. The fourth-order valence-electron chi connectivity index (χ4n) is 1.09. The fourth-order valence-corrected chi connectivity index (χ4v) is 1.66. The van der Waals surface area contributed by atoms with Gasteiger partial charge in [-0.25, -0.2) is 4.57 Å². The van der Waals surface area contributed by atoms with Crippen LogP contribution < -0.4 is 4.52 Å². The van der Waals surface area contributed by atoms with Gasteiger partial charge in [0.15, 0.2) is 0 Å². The normalized spacial score (nSPS) is 12.5. The first-order chi connectivity index (χ1) is 6.15. The van der Waals surface area contributed by atoms with Gasteiger partial charge >= 0.3 is 8.25 Å². The minimum Gasteiger partial charge on any atom is -0.426 e. The van der Waals surface area contributed by atoms with Gasteiger partial charge in [-0.3, -0.25) is 0 Å². The fraction of sp³-hybridized carbons (Fsp3) is 0.333. The minimum absolute atomic E-state index is 0.660. The van der Waals surface area contributed by atoms with Gasteiger partial charge in [0.1, 0.15) is 5.75 Å². The summed E-state index contributed by atoms with van der Waals surface area (Å²) in [5.41, 5.74) is 1.94. The summed E-state index contributed by atoms with van der Waals surface area (Å²) in [6, 6.07) is 5.75. The van der Waals surface area contributed by atoms with Crippen molar-refractivity contribution in [3.05, 3.63) is 29.3 Å². The van der Waals surface area contributed by atoms with E-state index in [-0.39, 0.29) is 0 Å². The van der Waals surface area contributed by atoms with Crippen LogP contribution in [0, 0.1) is 13.8 Å². The van der Waals surface area contributed by atoms with Crippen molar-refractivity contribution in [1.29, 1.82) is 0 Å². The molecule has 0 bridgehead atoms. The van der Waals surface area contributed by atoms with Gasteiger partial charge in [0.05, 0.1) is 0 Å². The summed E-state index contributed by atoms with van der Waals surface area (Å²) in [4.78, 5) is 0. The van der Waals surface area contributed by atoms with Crippen molar-refractivity contribution in [2.45, 2.75) is 13.8 Å². The molecule has 0 amide bonds. The van der Waals surface area contributed by atoms with Crippen LogP contribution in [0.1, 0.15) is 11.1 Å². The number of para-hydroxylation sites is 1. The van der Waals surface area contributed by atoms with Crippen molar-refractivity contribution in [3.8, 4) is 5.75 Å². The van der Waals surface area contributed by atoms with Crippen LogP contribution in [-0.4, -0.2) is 7.11 Å². The second-order valence-corrected chi connectivity index (χ2v) is 3.89. The second kappa shape index (κ2) is 4.45. The summed E-state index contributed by atoms with van der Waals surface area (Å²) >= 11 is 0. The topological polar surface area (TPSA) is 35.5 Å². The van der Waals surface area contributed by atoms with Crippen molar-refractivity contribution in [1.82, 2.24) is 0 Å². The zero-order valence-corrected chi connectivity index (χ0v) is 8.96. The summed E-state index contributed by atoms with van der Waals surface area (Å²) in [7, 11) is -1.01. The van der Waals surface area contributed by atoms with Gasteiger partial charge in [-0.2, -0.15) is 0 Å². The standard InChI is InChI=1S/C9H13O3P/c1-7-5-4-6-8(2)9(7)12-13(10)11-3/h4-6,13H,1-3H3. The van der Waals surface area contributed by atoms with E-state index in [1.165, 1.54) is 7.11 Å². The summed E-state index contributed by atoms with van der Waals surface area (Å²) in [5.74, 6) is 0.660. The predicted molar refractivity (Wildman–Crippen MR) is 52.6 cm³/mol. The van der Waals surface area contributed by atoms with Gasteiger partial charge < -0.3 is 9.05 Å². The van der Waals surface area contributed by atoms with E-state index in [1.807, 2.05) is 32.0 Å². The number of benzene rings is 1. The van der Waals surface area contributed by atoms with E-state index in [2.05, 4.69) is 4.52 Å². The molecule has 1 aromatic carbocycles. The molecule has 0 saturated carbocycles. The van der Waals surface area contributed by atoms with E-state index in [9.17, 15) is 4.57 Å². The Morgan fingerprint density at radius 3 is 2.23 bits per heavy atom. The first-order valence-electron chi connectivity index (χ1n) is 3.97. The van der Waals surface area contributed by atoms with Gasteiger partial charge in [-0.1, -0.05) is 18.2 Å². The molecule has 0 aromatic heterocycles. The molecule has 1 unspecified atom stereocenters. The summed E-state index contributed by atoms with van der Waals surface area (Å²) in [6.07, 6.45) is 0. The molecule has 13 heavy (non-hydrogen) atoms. The Labute approximate surface area is 78.6 Å². The lowest BCUT2D eigenvalue weighted by Crippen LogP contribution is -1.89. The van der Waals surface area contributed by atoms with Crippen LogP contribution in [0.4, 0.5) is 0 Å². The summed E-state index contributed by atoms with van der Waals surface area (Å²) in [6.45, 7) is 3.82. The maximum Gasteiger partial charge on any atom is 0.367 e. The predicted octanol–water partition coefficient (Wildman–Crippen LogP) is 2.72. The highest BCUT2D eigenvalue weighted by atomic mass is 31.1.